The number of anilines is 2. The summed E-state index contributed by atoms with van der Waals surface area (Å²) in [6, 6.07) is 25.4. The molecule has 0 unspecified atom stereocenters. The Morgan fingerprint density at radius 1 is 1.00 bits per heavy atom. The molecule has 0 saturated carbocycles. The van der Waals surface area contributed by atoms with Gasteiger partial charge >= 0.3 is 6.03 Å². The van der Waals surface area contributed by atoms with Crippen molar-refractivity contribution in [2.24, 2.45) is 5.92 Å². The third kappa shape index (κ3) is 9.57. The van der Waals surface area contributed by atoms with Crippen LogP contribution in [-0.2, 0) is 14.8 Å². The van der Waals surface area contributed by atoms with Crippen molar-refractivity contribution in [2.45, 2.75) is 63.2 Å². The first-order chi connectivity index (χ1) is 24.5. The van der Waals surface area contributed by atoms with E-state index in [2.05, 4.69) is 10.0 Å². The number of aliphatic hydroxyl groups is 1. The molecule has 11 nitrogen and oxygen atoms in total. The highest BCUT2D eigenvalue weighted by molar-refractivity contribution is 7.92. The number of hydrogen-bond acceptors (Lipinski definition) is 7. The standard InChI is InChI=1S/C39H48N4O7S/c1-27-24-43(28(2)26-44)38(45)34-23-31(41-51(47,48)32-16-6-5-7-17-32)20-21-36(34)50-29(3)13-10-11-22-49-37(27)25-42(4)39(46)40-35-19-12-15-30-14-8-9-18-33(30)35/h5-9,12,14-21,23,27-29,37,41,44H,10-11,13,22,24-26H2,1-4H3,(H,40,46)/t27-,28+,29+,37-/m0/s1. The molecule has 272 valence electrons. The lowest BCUT2D eigenvalue weighted by atomic mass is 10.0. The van der Waals surface area contributed by atoms with Gasteiger partial charge in [0.25, 0.3) is 15.9 Å². The maximum absolute atomic E-state index is 14.4. The molecular weight excluding hydrogens is 669 g/mol. The first-order valence-corrected chi connectivity index (χ1v) is 18.9. The van der Waals surface area contributed by atoms with Gasteiger partial charge in [-0.15, -0.1) is 0 Å². The van der Waals surface area contributed by atoms with E-state index in [0.717, 1.165) is 23.6 Å². The van der Waals surface area contributed by atoms with Crippen molar-refractivity contribution in [3.63, 3.8) is 0 Å². The monoisotopic (exact) mass is 716 g/mol. The molecule has 12 heteroatoms. The van der Waals surface area contributed by atoms with E-state index in [0.29, 0.717) is 24.5 Å². The van der Waals surface area contributed by atoms with Gasteiger partial charge in [-0.05, 0) is 74.9 Å². The summed E-state index contributed by atoms with van der Waals surface area (Å²) in [6.45, 7) is 6.25. The highest BCUT2D eigenvalue weighted by Crippen LogP contribution is 2.30. The number of hydrogen-bond donors (Lipinski definition) is 3. The van der Waals surface area contributed by atoms with Crippen LogP contribution in [0.2, 0.25) is 0 Å². The second-order valence-corrected chi connectivity index (χ2v) is 14.9. The summed E-state index contributed by atoms with van der Waals surface area (Å²) in [5.74, 6) is -0.362. The molecule has 0 bridgehead atoms. The Labute approximate surface area is 300 Å². The minimum Gasteiger partial charge on any atom is -0.490 e. The van der Waals surface area contributed by atoms with Crippen molar-refractivity contribution < 1.29 is 32.6 Å². The van der Waals surface area contributed by atoms with Gasteiger partial charge in [-0.25, -0.2) is 13.2 Å². The first kappa shape index (κ1) is 37.6. The molecular formula is C39H48N4O7S. The van der Waals surface area contributed by atoms with E-state index in [9.17, 15) is 23.1 Å². The summed E-state index contributed by atoms with van der Waals surface area (Å²) in [5, 5.41) is 15.3. The third-order valence-corrected chi connectivity index (χ3v) is 10.6. The molecule has 1 aliphatic heterocycles. The first-order valence-electron chi connectivity index (χ1n) is 17.4. The van der Waals surface area contributed by atoms with Crippen LogP contribution in [-0.4, -0.2) is 86.9 Å². The van der Waals surface area contributed by atoms with Crippen molar-refractivity contribution in [1.29, 1.82) is 0 Å². The number of sulfonamides is 1. The van der Waals surface area contributed by atoms with Crippen molar-refractivity contribution in [3.8, 4) is 5.75 Å². The van der Waals surface area contributed by atoms with Gasteiger partial charge in [-0.2, -0.15) is 0 Å². The molecule has 0 radical (unpaired) electrons. The zero-order valence-corrected chi connectivity index (χ0v) is 30.4. The second-order valence-electron chi connectivity index (χ2n) is 13.3. The maximum atomic E-state index is 14.4. The Morgan fingerprint density at radius 3 is 2.49 bits per heavy atom. The van der Waals surface area contributed by atoms with Crippen LogP contribution >= 0.6 is 0 Å². The molecule has 3 N–H and O–H groups in total. The van der Waals surface area contributed by atoms with E-state index in [1.54, 1.807) is 54.1 Å². The Kier molecular flexibility index (Phi) is 12.6. The van der Waals surface area contributed by atoms with Crippen LogP contribution in [0, 0.1) is 5.92 Å². The molecule has 1 aliphatic rings. The second kappa shape index (κ2) is 17.0. The van der Waals surface area contributed by atoms with E-state index >= 15 is 0 Å². The molecule has 0 fully saturated rings. The number of carbonyl (C=O) groups is 2. The van der Waals surface area contributed by atoms with E-state index in [1.807, 2.05) is 56.3 Å². The summed E-state index contributed by atoms with van der Waals surface area (Å²) in [6.07, 6.45) is 1.60. The predicted molar refractivity (Wildman–Crippen MR) is 200 cm³/mol. The molecule has 0 spiro atoms. The number of fused-ring (bicyclic) bond motifs is 2. The normalized spacial score (nSPS) is 19.7. The number of amides is 3. The van der Waals surface area contributed by atoms with Gasteiger partial charge in [0, 0.05) is 43.7 Å². The number of urea groups is 1. The molecule has 3 amide bonds. The average Bonchev–Trinajstić information content (AvgIpc) is 3.13. The largest absolute Gasteiger partial charge is 0.490 e. The molecule has 1 heterocycles. The van der Waals surface area contributed by atoms with Gasteiger partial charge in [-0.3, -0.25) is 9.52 Å². The Bertz CT molecular complexity index is 1900. The van der Waals surface area contributed by atoms with Crippen LogP contribution in [0.25, 0.3) is 10.8 Å². The SMILES string of the molecule is C[C@@H]1CCCCO[C@@H](CN(C)C(=O)Nc2cccc3ccccc23)[C@@H](C)CN([C@H](C)CO)C(=O)c2cc(NS(=O)(=O)c3ccccc3)ccc2O1. The van der Waals surface area contributed by atoms with Crippen LogP contribution in [0.1, 0.15) is 50.4 Å². The number of nitrogens with one attached hydrogen (secondary N) is 2. The summed E-state index contributed by atoms with van der Waals surface area (Å²) in [4.78, 5) is 31.1. The minimum absolute atomic E-state index is 0.0902. The lowest BCUT2D eigenvalue weighted by Crippen LogP contribution is -2.48. The fourth-order valence-electron chi connectivity index (χ4n) is 6.16. The minimum atomic E-state index is -3.93. The van der Waals surface area contributed by atoms with Crippen molar-refractivity contribution in [2.75, 3.05) is 43.4 Å². The number of likely N-dealkylation sites (N-methyl/N-ethyl adjacent to an activating group) is 1. The van der Waals surface area contributed by atoms with Crippen LogP contribution in [0.3, 0.4) is 0 Å². The number of carbonyl (C=O) groups excluding carboxylic acids is 2. The van der Waals surface area contributed by atoms with Gasteiger partial charge < -0.3 is 29.7 Å². The zero-order chi connectivity index (χ0) is 36.5. The maximum Gasteiger partial charge on any atom is 0.321 e. The predicted octanol–water partition coefficient (Wildman–Crippen LogP) is 6.60. The molecule has 51 heavy (non-hydrogen) atoms. The van der Waals surface area contributed by atoms with E-state index in [1.165, 1.54) is 18.2 Å². The molecule has 0 aliphatic carbocycles. The van der Waals surface area contributed by atoms with E-state index < -0.39 is 28.1 Å². The number of ether oxygens (including phenoxy) is 2. The molecule has 4 atom stereocenters. The van der Waals surface area contributed by atoms with Crippen molar-refractivity contribution >= 4 is 44.1 Å². The van der Waals surface area contributed by atoms with Gasteiger partial charge in [0.1, 0.15) is 5.75 Å². The summed E-state index contributed by atoms with van der Waals surface area (Å²) in [5.41, 5.74) is 1.08. The fraction of sp³-hybridized carbons (Fsp3) is 0.385. The highest BCUT2D eigenvalue weighted by Gasteiger charge is 2.31. The molecule has 0 saturated heterocycles. The Morgan fingerprint density at radius 2 is 1.73 bits per heavy atom. The zero-order valence-electron chi connectivity index (χ0n) is 29.6. The van der Waals surface area contributed by atoms with Crippen molar-refractivity contribution in [3.05, 3.63) is 96.6 Å². The van der Waals surface area contributed by atoms with Crippen LogP contribution in [0.4, 0.5) is 16.2 Å². The average molecular weight is 717 g/mol. The molecule has 4 aromatic rings. The Balaban J connectivity index is 1.40. The highest BCUT2D eigenvalue weighted by atomic mass is 32.2. The smallest absolute Gasteiger partial charge is 0.321 e. The third-order valence-electron chi connectivity index (χ3n) is 9.19. The van der Waals surface area contributed by atoms with Crippen molar-refractivity contribution in [1.82, 2.24) is 9.80 Å². The number of aliphatic hydroxyl groups excluding tert-OH is 1. The Hall–Kier alpha value is -4.65. The van der Waals surface area contributed by atoms with Gasteiger partial charge in [0.15, 0.2) is 0 Å². The molecule has 5 rings (SSSR count). The van der Waals surface area contributed by atoms with E-state index in [-0.39, 0.29) is 53.9 Å². The topological polar surface area (TPSA) is 138 Å². The quantitative estimate of drug-likeness (QED) is 0.187. The van der Waals surface area contributed by atoms with Crippen LogP contribution < -0.4 is 14.8 Å². The lowest BCUT2D eigenvalue weighted by Gasteiger charge is -2.35. The van der Waals surface area contributed by atoms with Gasteiger partial charge in [-0.1, -0.05) is 61.5 Å². The number of rotatable bonds is 8. The van der Waals surface area contributed by atoms with Gasteiger partial charge in [0.2, 0.25) is 0 Å². The fourth-order valence-corrected chi connectivity index (χ4v) is 7.23. The number of nitrogens with zero attached hydrogens (tertiary/aromatic N) is 2. The van der Waals surface area contributed by atoms with Crippen LogP contribution in [0.15, 0.2) is 95.9 Å². The van der Waals surface area contributed by atoms with Crippen LogP contribution in [0.5, 0.6) is 5.75 Å². The summed E-state index contributed by atoms with van der Waals surface area (Å²) >= 11 is 0. The summed E-state index contributed by atoms with van der Waals surface area (Å²) < 4.78 is 41.6. The summed E-state index contributed by atoms with van der Waals surface area (Å²) in [7, 11) is -2.21. The number of benzene rings is 4. The van der Waals surface area contributed by atoms with E-state index in [4.69, 9.17) is 9.47 Å². The molecule has 0 aromatic heterocycles. The van der Waals surface area contributed by atoms with Gasteiger partial charge in [0.05, 0.1) is 41.0 Å². The lowest BCUT2D eigenvalue weighted by molar-refractivity contribution is -0.0115. The molecule has 4 aromatic carbocycles.